The van der Waals surface area contributed by atoms with Gasteiger partial charge in [-0.25, -0.2) is 18.4 Å². The second-order valence-corrected chi connectivity index (χ2v) is 9.13. The van der Waals surface area contributed by atoms with Crippen LogP contribution in [0.4, 0.5) is 5.69 Å². The molecule has 1 amide bonds. The van der Waals surface area contributed by atoms with E-state index in [1.54, 1.807) is 30.3 Å². The van der Waals surface area contributed by atoms with Crippen molar-refractivity contribution in [3.63, 3.8) is 0 Å². The molecule has 0 bridgehead atoms. The first-order valence-corrected chi connectivity index (χ1v) is 11.0. The molecule has 1 N–H and O–H groups in total. The molecule has 8 heteroatoms. The number of sulfonamides is 1. The standard InChI is InChI=1S/C21H22N4O3S/c1-14-15(2)23-20-13-16(5-10-19(20)22-14)21(26)24-17-6-8-18(9-7-17)29(27,28)25-11-3-4-12-25/h5-10,13H,3-4,11-12H2,1-2H3,(H,24,26). The molecule has 0 radical (unpaired) electrons. The number of hydrogen-bond acceptors (Lipinski definition) is 5. The van der Waals surface area contributed by atoms with Gasteiger partial charge in [-0.2, -0.15) is 4.31 Å². The fraction of sp³-hybridized carbons (Fsp3) is 0.286. The summed E-state index contributed by atoms with van der Waals surface area (Å²) in [7, 11) is -3.46. The molecular weight excluding hydrogens is 388 g/mol. The van der Waals surface area contributed by atoms with Crippen molar-refractivity contribution in [2.45, 2.75) is 31.6 Å². The molecule has 4 rings (SSSR count). The smallest absolute Gasteiger partial charge is 0.255 e. The van der Waals surface area contributed by atoms with Gasteiger partial charge in [-0.3, -0.25) is 4.79 Å². The lowest BCUT2D eigenvalue weighted by Gasteiger charge is -2.15. The Labute approximate surface area is 169 Å². The Balaban J connectivity index is 1.52. The summed E-state index contributed by atoms with van der Waals surface area (Å²) in [5.74, 6) is -0.290. The van der Waals surface area contributed by atoms with Crippen LogP contribution in [0.5, 0.6) is 0 Å². The minimum atomic E-state index is -3.46. The zero-order valence-electron chi connectivity index (χ0n) is 16.3. The molecule has 2 aromatic carbocycles. The summed E-state index contributed by atoms with van der Waals surface area (Å²) in [4.78, 5) is 21.8. The summed E-state index contributed by atoms with van der Waals surface area (Å²) in [5.41, 5.74) is 4.07. The third-order valence-electron chi connectivity index (χ3n) is 5.15. The van der Waals surface area contributed by atoms with Gasteiger partial charge in [-0.15, -0.1) is 0 Å². The molecule has 3 aromatic rings. The number of rotatable bonds is 4. The normalized spacial score (nSPS) is 15.0. The molecule has 0 aliphatic carbocycles. The number of aromatic nitrogens is 2. The van der Waals surface area contributed by atoms with Crippen LogP contribution in [0.25, 0.3) is 11.0 Å². The van der Waals surface area contributed by atoms with Gasteiger partial charge in [0.1, 0.15) is 0 Å². The van der Waals surface area contributed by atoms with Crippen LogP contribution in [0.3, 0.4) is 0 Å². The van der Waals surface area contributed by atoms with Gasteiger partial charge < -0.3 is 5.32 Å². The van der Waals surface area contributed by atoms with E-state index in [1.165, 1.54) is 16.4 Å². The molecule has 1 aliphatic rings. The first-order valence-electron chi connectivity index (χ1n) is 9.51. The van der Waals surface area contributed by atoms with Crippen LogP contribution < -0.4 is 5.32 Å². The molecule has 2 heterocycles. The zero-order chi connectivity index (χ0) is 20.6. The van der Waals surface area contributed by atoms with E-state index in [2.05, 4.69) is 15.3 Å². The summed E-state index contributed by atoms with van der Waals surface area (Å²) >= 11 is 0. The largest absolute Gasteiger partial charge is 0.322 e. The van der Waals surface area contributed by atoms with Crippen LogP contribution in [0.1, 0.15) is 34.6 Å². The number of anilines is 1. The van der Waals surface area contributed by atoms with Crippen LogP contribution in [-0.2, 0) is 10.0 Å². The number of hydrogen-bond donors (Lipinski definition) is 1. The number of nitrogens with one attached hydrogen (secondary N) is 1. The number of carbonyl (C=O) groups is 1. The topological polar surface area (TPSA) is 92.3 Å². The highest BCUT2D eigenvalue weighted by Gasteiger charge is 2.26. The van der Waals surface area contributed by atoms with Gasteiger partial charge in [0.05, 0.1) is 27.3 Å². The monoisotopic (exact) mass is 410 g/mol. The third kappa shape index (κ3) is 3.86. The van der Waals surface area contributed by atoms with Crippen molar-refractivity contribution < 1.29 is 13.2 Å². The average molecular weight is 410 g/mol. The molecule has 1 aromatic heterocycles. The van der Waals surface area contributed by atoms with E-state index >= 15 is 0 Å². The van der Waals surface area contributed by atoms with E-state index in [-0.39, 0.29) is 10.8 Å². The predicted octanol–water partition coefficient (Wildman–Crippen LogP) is 3.28. The molecular formula is C21H22N4O3S. The highest BCUT2D eigenvalue weighted by molar-refractivity contribution is 7.89. The van der Waals surface area contributed by atoms with Gasteiger partial charge in [0, 0.05) is 24.3 Å². The Hall–Kier alpha value is -2.84. The van der Waals surface area contributed by atoms with Crippen molar-refractivity contribution in [3.8, 4) is 0 Å². The van der Waals surface area contributed by atoms with Crippen LogP contribution in [-0.4, -0.2) is 41.7 Å². The lowest BCUT2D eigenvalue weighted by atomic mass is 10.1. The summed E-state index contributed by atoms with van der Waals surface area (Å²) in [6.45, 7) is 4.90. The maximum absolute atomic E-state index is 12.6. The van der Waals surface area contributed by atoms with Gasteiger partial charge in [0.2, 0.25) is 10.0 Å². The summed E-state index contributed by atoms with van der Waals surface area (Å²) < 4.78 is 26.7. The maximum Gasteiger partial charge on any atom is 0.255 e. The zero-order valence-corrected chi connectivity index (χ0v) is 17.2. The van der Waals surface area contributed by atoms with Crippen molar-refractivity contribution in [2.75, 3.05) is 18.4 Å². The van der Waals surface area contributed by atoms with Gasteiger partial charge in [0.25, 0.3) is 5.91 Å². The second-order valence-electron chi connectivity index (χ2n) is 7.19. The Kier molecular flexibility index (Phi) is 5.06. The molecule has 1 aliphatic heterocycles. The van der Waals surface area contributed by atoms with Crippen LogP contribution in [0, 0.1) is 13.8 Å². The second kappa shape index (κ2) is 7.53. The Morgan fingerprint density at radius 2 is 1.55 bits per heavy atom. The van der Waals surface area contributed by atoms with Crippen LogP contribution >= 0.6 is 0 Å². The minimum Gasteiger partial charge on any atom is -0.322 e. The SMILES string of the molecule is Cc1nc2ccc(C(=O)Nc3ccc(S(=O)(=O)N4CCCC4)cc3)cc2nc1C. The van der Waals surface area contributed by atoms with Crippen molar-refractivity contribution in [1.29, 1.82) is 0 Å². The van der Waals surface area contributed by atoms with Crippen LogP contribution in [0.2, 0.25) is 0 Å². The van der Waals surface area contributed by atoms with E-state index in [1.807, 2.05) is 13.8 Å². The molecule has 29 heavy (non-hydrogen) atoms. The first-order chi connectivity index (χ1) is 13.8. The van der Waals surface area contributed by atoms with E-state index in [0.29, 0.717) is 29.9 Å². The predicted molar refractivity (Wildman–Crippen MR) is 111 cm³/mol. The van der Waals surface area contributed by atoms with Gasteiger partial charge >= 0.3 is 0 Å². The summed E-state index contributed by atoms with van der Waals surface area (Å²) in [6.07, 6.45) is 1.78. The van der Waals surface area contributed by atoms with E-state index < -0.39 is 10.0 Å². The van der Waals surface area contributed by atoms with Crippen molar-refractivity contribution in [2.24, 2.45) is 0 Å². The summed E-state index contributed by atoms with van der Waals surface area (Å²) in [6, 6.07) is 11.5. The first kappa shape index (κ1) is 19.5. The Bertz CT molecular complexity index is 1180. The number of carbonyl (C=O) groups excluding carboxylic acids is 1. The van der Waals surface area contributed by atoms with E-state index in [9.17, 15) is 13.2 Å². The molecule has 150 valence electrons. The molecule has 1 fully saturated rings. The fourth-order valence-corrected chi connectivity index (χ4v) is 4.88. The van der Waals surface area contributed by atoms with E-state index in [4.69, 9.17) is 0 Å². The van der Waals surface area contributed by atoms with Gasteiger partial charge in [0.15, 0.2) is 0 Å². The fourth-order valence-electron chi connectivity index (χ4n) is 3.36. The quantitative estimate of drug-likeness (QED) is 0.713. The number of aryl methyl sites for hydroxylation is 2. The Morgan fingerprint density at radius 3 is 2.21 bits per heavy atom. The lowest BCUT2D eigenvalue weighted by Crippen LogP contribution is -2.27. The molecule has 0 saturated carbocycles. The summed E-state index contributed by atoms with van der Waals surface area (Å²) in [5, 5.41) is 2.80. The lowest BCUT2D eigenvalue weighted by molar-refractivity contribution is 0.102. The Morgan fingerprint density at radius 1 is 0.931 bits per heavy atom. The molecule has 0 atom stereocenters. The number of fused-ring (bicyclic) bond motifs is 1. The van der Waals surface area contributed by atoms with Gasteiger partial charge in [-0.1, -0.05) is 0 Å². The number of amides is 1. The van der Waals surface area contributed by atoms with Crippen molar-refractivity contribution in [1.82, 2.24) is 14.3 Å². The van der Waals surface area contributed by atoms with Crippen molar-refractivity contribution in [3.05, 3.63) is 59.4 Å². The van der Waals surface area contributed by atoms with E-state index in [0.717, 1.165) is 29.7 Å². The molecule has 7 nitrogen and oxygen atoms in total. The highest BCUT2D eigenvalue weighted by atomic mass is 32.2. The van der Waals surface area contributed by atoms with Crippen LogP contribution in [0.15, 0.2) is 47.4 Å². The minimum absolute atomic E-state index is 0.240. The average Bonchev–Trinajstić information content (AvgIpc) is 3.25. The highest BCUT2D eigenvalue weighted by Crippen LogP contribution is 2.23. The molecule has 0 unspecified atom stereocenters. The van der Waals surface area contributed by atoms with Gasteiger partial charge in [-0.05, 0) is 69.2 Å². The maximum atomic E-state index is 12.6. The third-order valence-corrected chi connectivity index (χ3v) is 7.07. The molecule has 0 spiro atoms. The number of nitrogens with zero attached hydrogens (tertiary/aromatic N) is 3. The van der Waals surface area contributed by atoms with Crippen molar-refractivity contribution >= 4 is 32.7 Å². The molecule has 1 saturated heterocycles. The number of benzene rings is 2.